The number of ether oxygens (including phenoxy) is 3. The van der Waals surface area contributed by atoms with Gasteiger partial charge in [0.15, 0.2) is 4.80 Å². The van der Waals surface area contributed by atoms with E-state index < -0.39 is 12.0 Å². The molecule has 4 rings (SSSR count). The van der Waals surface area contributed by atoms with Crippen LogP contribution in [-0.4, -0.2) is 30.4 Å². The molecule has 8 heteroatoms. The number of nitrogens with zero attached hydrogens (tertiary/aromatic N) is 2. The molecule has 1 aliphatic rings. The molecule has 1 aromatic heterocycles. The molecule has 182 valence electrons. The van der Waals surface area contributed by atoms with Crippen molar-refractivity contribution in [3.8, 4) is 11.5 Å². The number of methoxy groups -OCH3 is 1. The van der Waals surface area contributed by atoms with E-state index in [1.807, 2.05) is 68.5 Å². The Morgan fingerprint density at radius 3 is 2.37 bits per heavy atom. The van der Waals surface area contributed by atoms with Crippen LogP contribution in [-0.2, 0) is 9.53 Å². The average Bonchev–Trinajstić information content (AvgIpc) is 3.13. The number of benzene rings is 2. The smallest absolute Gasteiger partial charge is 0.338 e. The molecule has 1 aliphatic heterocycles. The first kappa shape index (κ1) is 24.5. The summed E-state index contributed by atoms with van der Waals surface area (Å²) in [6, 6.07) is 14.2. The summed E-state index contributed by atoms with van der Waals surface area (Å²) >= 11 is 1.29. The van der Waals surface area contributed by atoms with Crippen LogP contribution in [0.4, 0.5) is 0 Å². The number of esters is 1. The summed E-state index contributed by atoms with van der Waals surface area (Å²) in [7, 11) is 1.61. The Balaban J connectivity index is 1.87. The van der Waals surface area contributed by atoms with Gasteiger partial charge in [-0.25, -0.2) is 9.79 Å². The van der Waals surface area contributed by atoms with Gasteiger partial charge in [-0.1, -0.05) is 35.6 Å². The van der Waals surface area contributed by atoms with E-state index in [1.165, 1.54) is 11.3 Å². The number of aromatic nitrogens is 1. The van der Waals surface area contributed by atoms with E-state index in [0.29, 0.717) is 26.4 Å². The van der Waals surface area contributed by atoms with Gasteiger partial charge in [-0.3, -0.25) is 9.36 Å². The molecule has 0 bridgehead atoms. The Morgan fingerprint density at radius 1 is 1.11 bits per heavy atom. The highest BCUT2D eigenvalue weighted by Crippen LogP contribution is 2.31. The van der Waals surface area contributed by atoms with Crippen LogP contribution >= 0.6 is 11.3 Å². The molecule has 2 aromatic carbocycles. The maximum atomic E-state index is 13.6. The zero-order chi connectivity index (χ0) is 25.1. The van der Waals surface area contributed by atoms with Gasteiger partial charge in [0, 0.05) is 0 Å². The third-order valence-electron chi connectivity index (χ3n) is 5.50. The Labute approximate surface area is 207 Å². The number of rotatable bonds is 7. The van der Waals surface area contributed by atoms with E-state index in [-0.39, 0.29) is 18.3 Å². The molecule has 0 saturated heterocycles. The minimum atomic E-state index is -0.656. The van der Waals surface area contributed by atoms with Crippen molar-refractivity contribution in [3.63, 3.8) is 0 Å². The van der Waals surface area contributed by atoms with Crippen LogP contribution in [0.2, 0.25) is 0 Å². The second kappa shape index (κ2) is 10.3. The molecule has 0 N–H and O–H groups in total. The van der Waals surface area contributed by atoms with E-state index in [4.69, 9.17) is 14.2 Å². The molecule has 3 aromatic rings. The molecule has 7 nitrogen and oxygen atoms in total. The van der Waals surface area contributed by atoms with Gasteiger partial charge in [-0.15, -0.1) is 0 Å². The quantitative estimate of drug-likeness (QED) is 0.471. The molecule has 0 unspecified atom stereocenters. The van der Waals surface area contributed by atoms with Gasteiger partial charge >= 0.3 is 5.97 Å². The molecule has 0 radical (unpaired) electrons. The van der Waals surface area contributed by atoms with E-state index >= 15 is 0 Å². The van der Waals surface area contributed by atoms with E-state index in [1.54, 1.807) is 25.5 Å². The number of carbonyl (C=O) groups excluding carboxylic acids is 1. The molecule has 2 heterocycles. The predicted molar refractivity (Wildman–Crippen MR) is 136 cm³/mol. The zero-order valence-corrected chi connectivity index (χ0v) is 21.2. The molecule has 0 spiro atoms. The summed E-state index contributed by atoms with van der Waals surface area (Å²) in [5.41, 5.74) is 2.31. The van der Waals surface area contributed by atoms with Crippen molar-refractivity contribution in [1.29, 1.82) is 0 Å². The lowest BCUT2D eigenvalue weighted by atomic mass is 9.96. The number of carbonyl (C=O) groups is 1. The molecule has 0 fully saturated rings. The first-order valence-corrected chi connectivity index (χ1v) is 12.2. The molecule has 0 saturated carbocycles. The van der Waals surface area contributed by atoms with Gasteiger partial charge in [-0.2, -0.15) is 0 Å². The van der Waals surface area contributed by atoms with E-state index in [0.717, 1.165) is 16.9 Å². The summed E-state index contributed by atoms with van der Waals surface area (Å²) in [6.07, 6.45) is 1.86. The summed E-state index contributed by atoms with van der Waals surface area (Å²) in [4.78, 5) is 31.8. The van der Waals surface area contributed by atoms with Gasteiger partial charge in [-0.05, 0) is 69.2 Å². The Hall–Kier alpha value is -3.65. The molecule has 1 atom stereocenters. The van der Waals surface area contributed by atoms with Crippen molar-refractivity contribution in [2.75, 3.05) is 13.7 Å². The second-order valence-electron chi connectivity index (χ2n) is 8.31. The highest BCUT2D eigenvalue weighted by Gasteiger charge is 2.33. The van der Waals surface area contributed by atoms with Gasteiger partial charge < -0.3 is 14.2 Å². The number of hydrogen-bond donors (Lipinski definition) is 0. The summed E-state index contributed by atoms with van der Waals surface area (Å²) < 4.78 is 18.4. The molecular weight excluding hydrogens is 464 g/mol. The summed E-state index contributed by atoms with van der Waals surface area (Å²) in [5.74, 6) is 0.975. The number of fused-ring (bicyclic) bond motifs is 1. The van der Waals surface area contributed by atoms with Crippen LogP contribution < -0.4 is 24.4 Å². The van der Waals surface area contributed by atoms with Gasteiger partial charge in [0.1, 0.15) is 11.5 Å². The third-order valence-corrected chi connectivity index (χ3v) is 6.48. The second-order valence-corrected chi connectivity index (χ2v) is 9.32. The van der Waals surface area contributed by atoms with Crippen LogP contribution in [0.15, 0.2) is 69.6 Å². The Kier molecular flexibility index (Phi) is 7.21. The van der Waals surface area contributed by atoms with Crippen LogP contribution in [0.1, 0.15) is 44.9 Å². The maximum Gasteiger partial charge on any atom is 0.338 e. The van der Waals surface area contributed by atoms with Crippen molar-refractivity contribution in [2.45, 2.75) is 39.8 Å². The molecule has 35 heavy (non-hydrogen) atoms. The maximum absolute atomic E-state index is 13.6. The number of hydrogen-bond acceptors (Lipinski definition) is 7. The summed E-state index contributed by atoms with van der Waals surface area (Å²) in [5, 5.41) is 0. The lowest BCUT2D eigenvalue weighted by Crippen LogP contribution is -2.39. The van der Waals surface area contributed by atoms with Crippen LogP contribution in [0.5, 0.6) is 11.5 Å². The van der Waals surface area contributed by atoms with Crippen molar-refractivity contribution < 1.29 is 19.0 Å². The first-order chi connectivity index (χ1) is 16.8. The highest BCUT2D eigenvalue weighted by molar-refractivity contribution is 7.07. The minimum absolute atomic E-state index is 0.0358. The largest absolute Gasteiger partial charge is 0.497 e. The van der Waals surface area contributed by atoms with Gasteiger partial charge in [0.05, 0.1) is 41.7 Å². The fraction of sp³-hybridized carbons (Fsp3) is 0.296. The zero-order valence-electron chi connectivity index (χ0n) is 20.4. The Morgan fingerprint density at radius 2 is 1.77 bits per heavy atom. The lowest BCUT2D eigenvalue weighted by molar-refractivity contribution is -0.139. The fourth-order valence-electron chi connectivity index (χ4n) is 3.96. The van der Waals surface area contributed by atoms with Crippen molar-refractivity contribution >= 4 is 23.4 Å². The van der Waals surface area contributed by atoms with Crippen LogP contribution in [0, 0.1) is 0 Å². The summed E-state index contributed by atoms with van der Waals surface area (Å²) in [6.45, 7) is 7.67. The number of allylic oxidation sites excluding steroid dienone is 1. The molecule has 0 amide bonds. The average molecular weight is 493 g/mol. The third kappa shape index (κ3) is 5.07. The van der Waals surface area contributed by atoms with Crippen molar-refractivity contribution in [3.05, 3.63) is 90.6 Å². The standard InChI is InChI=1S/C27H28N2O5S/c1-6-33-26(31)23-17(4)28-27-29(24(23)19-9-13-21(14-10-19)34-16(2)3)25(30)22(35-27)15-18-7-11-20(32-5)12-8-18/h7-16,24H,6H2,1-5H3/b22-15+/t24-/m0/s1. The van der Waals surface area contributed by atoms with E-state index in [9.17, 15) is 9.59 Å². The molecular formula is C27H28N2O5S. The topological polar surface area (TPSA) is 79.1 Å². The van der Waals surface area contributed by atoms with Crippen LogP contribution in [0.25, 0.3) is 6.08 Å². The Bertz CT molecular complexity index is 1430. The van der Waals surface area contributed by atoms with Gasteiger partial charge in [0.2, 0.25) is 0 Å². The lowest BCUT2D eigenvalue weighted by Gasteiger charge is -2.25. The fourth-order valence-corrected chi connectivity index (χ4v) is 5.01. The monoisotopic (exact) mass is 492 g/mol. The SMILES string of the molecule is CCOC(=O)C1=C(C)N=c2s/c(=C/c3ccc(OC)cc3)c(=O)n2[C@H]1c1ccc(OC(C)C)cc1. The normalized spacial score (nSPS) is 15.6. The highest BCUT2D eigenvalue weighted by atomic mass is 32.1. The van der Waals surface area contributed by atoms with Crippen molar-refractivity contribution in [1.82, 2.24) is 4.57 Å². The molecule has 0 aliphatic carbocycles. The van der Waals surface area contributed by atoms with Crippen molar-refractivity contribution in [2.24, 2.45) is 4.99 Å². The van der Waals surface area contributed by atoms with Gasteiger partial charge in [0.25, 0.3) is 5.56 Å². The number of thiazole rings is 1. The first-order valence-electron chi connectivity index (χ1n) is 11.4. The predicted octanol–water partition coefficient (Wildman–Crippen LogP) is 3.59. The van der Waals surface area contributed by atoms with Crippen LogP contribution in [0.3, 0.4) is 0 Å². The van der Waals surface area contributed by atoms with E-state index in [2.05, 4.69) is 4.99 Å². The minimum Gasteiger partial charge on any atom is -0.497 e.